The Labute approximate surface area is 171 Å². The lowest BCUT2D eigenvalue weighted by molar-refractivity contribution is -0.137. The first-order valence-corrected chi connectivity index (χ1v) is 10.0. The Kier molecular flexibility index (Phi) is 7.46. The number of hydrogen-bond donors (Lipinski definition) is 1. The molecule has 1 aliphatic rings. The van der Waals surface area contributed by atoms with E-state index >= 15 is 0 Å². The number of ether oxygens (including phenoxy) is 1. The average molecular weight is 400 g/mol. The molecule has 0 atom stereocenters. The number of halogens is 1. The van der Waals surface area contributed by atoms with Gasteiger partial charge in [-0.1, -0.05) is 41.9 Å². The van der Waals surface area contributed by atoms with E-state index in [2.05, 4.69) is 39.5 Å². The van der Waals surface area contributed by atoms with Crippen molar-refractivity contribution in [2.24, 2.45) is 0 Å². The number of piperidine rings is 1. The van der Waals surface area contributed by atoms with Crippen molar-refractivity contribution in [3.8, 4) is 0 Å². The Bertz CT molecular complexity index is 803. The zero-order chi connectivity index (χ0) is 19.8. The Morgan fingerprint density at radius 2 is 2.07 bits per heavy atom. The van der Waals surface area contributed by atoms with Crippen molar-refractivity contribution in [3.05, 3.63) is 64.8 Å². The second-order valence-electron chi connectivity index (χ2n) is 6.86. The number of carbonyl (C=O) groups is 1. The van der Waals surface area contributed by atoms with Crippen LogP contribution in [-0.4, -0.2) is 41.6 Å². The van der Waals surface area contributed by atoms with Gasteiger partial charge < -0.3 is 10.1 Å². The third-order valence-corrected chi connectivity index (χ3v) is 5.03. The van der Waals surface area contributed by atoms with E-state index in [9.17, 15) is 4.79 Å². The van der Waals surface area contributed by atoms with Crippen molar-refractivity contribution in [1.29, 1.82) is 0 Å². The van der Waals surface area contributed by atoms with Gasteiger partial charge in [-0.2, -0.15) is 0 Å². The minimum absolute atomic E-state index is 0.356. The number of esters is 1. The molecule has 0 aliphatic carbocycles. The number of pyridine rings is 1. The summed E-state index contributed by atoms with van der Waals surface area (Å²) < 4.78 is 4.87. The third kappa shape index (κ3) is 6.08. The summed E-state index contributed by atoms with van der Waals surface area (Å²) in [6.45, 7) is 5.22. The van der Waals surface area contributed by atoms with E-state index in [1.807, 2.05) is 6.07 Å². The molecule has 1 aromatic heterocycles. The van der Waals surface area contributed by atoms with Gasteiger partial charge >= 0.3 is 5.97 Å². The number of hydrogen-bond acceptors (Lipinski definition) is 5. The summed E-state index contributed by atoms with van der Waals surface area (Å²) in [4.78, 5) is 18.3. The van der Waals surface area contributed by atoms with Crippen LogP contribution < -0.4 is 5.32 Å². The van der Waals surface area contributed by atoms with Crippen molar-refractivity contribution < 1.29 is 9.53 Å². The van der Waals surface area contributed by atoms with Crippen molar-refractivity contribution >= 4 is 29.5 Å². The van der Waals surface area contributed by atoms with Gasteiger partial charge in [0.1, 0.15) is 5.82 Å². The van der Waals surface area contributed by atoms with Crippen LogP contribution in [0.15, 0.2) is 48.7 Å². The summed E-state index contributed by atoms with van der Waals surface area (Å²) in [6, 6.07) is 12.7. The molecule has 3 rings (SSSR count). The molecule has 28 heavy (non-hydrogen) atoms. The molecule has 0 spiro atoms. The molecule has 0 unspecified atom stereocenters. The standard InChI is InChI=1S/C22H26ClN3O2/c1-2-28-21(27)9-8-18-14-20(23)22(24-15-18)25-19-10-12-26(13-11-19)16-17-6-4-3-5-7-17/h3-9,14-15,19H,2,10-13,16H2,1H3,(H,24,25)/b9-8+. The smallest absolute Gasteiger partial charge is 0.330 e. The highest BCUT2D eigenvalue weighted by Crippen LogP contribution is 2.24. The molecule has 0 bridgehead atoms. The van der Waals surface area contributed by atoms with Crippen LogP contribution in [-0.2, 0) is 16.1 Å². The van der Waals surface area contributed by atoms with Crippen LogP contribution >= 0.6 is 11.6 Å². The molecule has 2 heterocycles. The summed E-state index contributed by atoms with van der Waals surface area (Å²) in [5, 5.41) is 4.01. The van der Waals surface area contributed by atoms with Crippen LogP contribution in [0, 0.1) is 0 Å². The molecule has 1 fully saturated rings. The number of carbonyl (C=O) groups excluding carboxylic acids is 1. The highest BCUT2D eigenvalue weighted by atomic mass is 35.5. The van der Waals surface area contributed by atoms with Gasteiger partial charge in [-0.25, -0.2) is 9.78 Å². The zero-order valence-corrected chi connectivity index (χ0v) is 16.9. The molecule has 0 saturated carbocycles. The molecular formula is C22H26ClN3O2. The first-order valence-electron chi connectivity index (χ1n) is 9.67. The van der Waals surface area contributed by atoms with Crippen LogP contribution in [0.4, 0.5) is 5.82 Å². The number of anilines is 1. The highest BCUT2D eigenvalue weighted by Gasteiger charge is 2.20. The van der Waals surface area contributed by atoms with Crippen molar-refractivity contribution in [3.63, 3.8) is 0 Å². The third-order valence-electron chi connectivity index (χ3n) is 4.74. The summed E-state index contributed by atoms with van der Waals surface area (Å²) in [5.41, 5.74) is 2.12. The number of likely N-dealkylation sites (tertiary alicyclic amines) is 1. The predicted octanol–water partition coefficient (Wildman–Crippen LogP) is 4.39. The van der Waals surface area contributed by atoms with Gasteiger partial charge in [0.15, 0.2) is 0 Å². The fourth-order valence-corrected chi connectivity index (χ4v) is 3.50. The second kappa shape index (κ2) is 10.2. The number of nitrogens with zero attached hydrogens (tertiary/aromatic N) is 2. The van der Waals surface area contributed by atoms with Crippen LogP contribution in [0.2, 0.25) is 5.02 Å². The van der Waals surface area contributed by atoms with Crippen LogP contribution in [0.1, 0.15) is 30.9 Å². The topological polar surface area (TPSA) is 54.5 Å². The lowest BCUT2D eigenvalue weighted by Crippen LogP contribution is -2.38. The molecular weight excluding hydrogens is 374 g/mol. The first kappa shape index (κ1) is 20.4. The van der Waals surface area contributed by atoms with E-state index in [-0.39, 0.29) is 5.97 Å². The van der Waals surface area contributed by atoms with Gasteiger partial charge in [-0.3, -0.25) is 4.90 Å². The average Bonchev–Trinajstić information content (AvgIpc) is 2.71. The second-order valence-corrected chi connectivity index (χ2v) is 7.27. The summed E-state index contributed by atoms with van der Waals surface area (Å²) in [5.74, 6) is 0.319. The summed E-state index contributed by atoms with van der Waals surface area (Å²) in [6.07, 6.45) is 6.84. The summed E-state index contributed by atoms with van der Waals surface area (Å²) in [7, 11) is 0. The molecule has 1 N–H and O–H groups in total. The fourth-order valence-electron chi connectivity index (χ4n) is 3.28. The maximum atomic E-state index is 11.4. The molecule has 1 aromatic carbocycles. The maximum absolute atomic E-state index is 11.4. The lowest BCUT2D eigenvalue weighted by atomic mass is 10.0. The molecule has 2 aromatic rings. The minimum Gasteiger partial charge on any atom is -0.463 e. The molecule has 148 valence electrons. The Morgan fingerprint density at radius 3 is 2.75 bits per heavy atom. The first-order chi connectivity index (χ1) is 13.6. The monoisotopic (exact) mass is 399 g/mol. The molecule has 0 amide bonds. The SMILES string of the molecule is CCOC(=O)/C=C/c1cnc(NC2CCN(Cc3ccccc3)CC2)c(Cl)c1. The van der Waals surface area contributed by atoms with E-state index in [1.165, 1.54) is 11.6 Å². The number of rotatable bonds is 7. The largest absolute Gasteiger partial charge is 0.463 e. The predicted molar refractivity (Wildman–Crippen MR) is 113 cm³/mol. The van der Waals surface area contributed by atoms with E-state index < -0.39 is 0 Å². The Hall–Kier alpha value is -2.37. The molecule has 6 heteroatoms. The van der Waals surface area contributed by atoms with Crippen molar-refractivity contribution in [2.75, 3.05) is 25.0 Å². The van der Waals surface area contributed by atoms with Gasteiger partial charge in [0, 0.05) is 37.9 Å². The van der Waals surface area contributed by atoms with E-state index in [0.717, 1.165) is 38.0 Å². The van der Waals surface area contributed by atoms with Crippen molar-refractivity contribution in [2.45, 2.75) is 32.4 Å². The van der Waals surface area contributed by atoms with Gasteiger partial charge in [0.05, 0.1) is 11.6 Å². The normalized spacial score (nSPS) is 15.6. The van der Waals surface area contributed by atoms with Crippen LogP contribution in [0.3, 0.4) is 0 Å². The number of nitrogens with one attached hydrogen (secondary N) is 1. The Balaban J connectivity index is 1.50. The maximum Gasteiger partial charge on any atom is 0.330 e. The Morgan fingerprint density at radius 1 is 1.32 bits per heavy atom. The molecule has 5 nitrogen and oxygen atoms in total. The van der Waals surface area contributed by atoms with Crippen LogP contribution in [0.5, 0.6) is 0 Å². The van der Waals surface area contributed by atoms with Gasteiger partial charge in [-0.15, -0.1) is 0 Å². The lowest BCUT2D eigenvalue weighted by Gasteiger charge is -2.32. The molecule has 1 aliphatic heterocycles. The minimum atomic E-state index is -0.372. The van der Waals surface area contributed by atoms with E-state index in [0.29, 0.717) is 23.5 Å². The molecule has 1 saturated heterocycles. The summed E-state index contributed by atoms with van der Waals surface area (Å²) >= 11 is 6.38. The molecule has 0 radical (unpaired) electrons. The van der Waals surface area contributed by atoms with Gasteiger partial charge in [0.2, 0.25) is 0 Å². The van der Waals surface area contributed by atoms with Crippen LogP contribution in [0.25, 0.3) is 6.08 Å². The van der Waals surface area contributed by atoms with Crippen molar-refractivity contribution in [1.82, 2.24) is 9.88 Å². The highest BCUT2D eigenvalue weighted by molar-refractivity contribution is 6.33. The van der Waals surface area contributed by atoms with Gasteiger partial charge in [0.25, 0.3) is 0 Å². The van der Waals surface area contributed by atoms with E-state index in [1.54, 1.807) is 25.3 Å². The number of benzene rings is 1. The fraction of sp³-hybridized carbons (Fsp3) is 0.364. The van der Waals surface area contributed by atoms with Gasteiger partial charge in [-0.05, 0) is 43.0 Å². The quantitative estimate of drug-likeness (QED) is 0.552. The zero-order valence-electron chi connectivity index (χ0n) is 16.1. The van der Waals surface area contributed by atoms with E-state index in [4.69, 9.17) is 16.3 Å². The number of aromatic nitrogens is 1.